The average Bonchev–Trinajstić information content (AvgIpc) is 2.38. The lowest BCUT2D eigenvalue weighted by molar-refractivity contribution is -0.117. The molecular formula is C17H26O2. The third-order valence-electron chi connectivity index (χ3n) is 3.68. The molecule has 1 aromatic rings. The number of ether oxygens (including phenoxy) is 1. The zero-order chi connectivity index (χ0) is 14.4. The maximum atomic E-state index is 11.2. The molecule has 0 aliphatic rings. The fraction of sp³-hybridized carbons (Fsp3) is 0.588. The van der Waals surface area contributed by atoms with Gasteiger partial charge in [0.05, 0.1) is 7.11 Å². The van der Waals surface area contributed by atoms with Crippen LogP contribution < -0.4 is 4.74 Å². The zero-order valence-corrected chi connectivity index (χ0v) is 12.8. The van der Waals surface area contributed by atoms with E-state index in [0.29, 0.717) is 18.3 Å². The summed E-state index contributed by atoms with van der Waals surface area (Å²) in [6, 6.07) is 6.44. The van der Waals surface area contributed by atoms with Crippen molar-refractivity contribution in [2.24, 2.45) is 0 Å². The van der Waals surface area contributed by atoms with E-state index in [1.807, 2.05) is 0 Å². The van der Waals surface area contributed by atoms with Crippen molar-refractivity contribution in [3.63, 3.8) is 0 Å². The Morgan fingerprint density at radius 2 is 2.00 bits per heavy atom. The Morgan fingerprint density at radius 1 is 1.32 bits per heavy atom. The number of hydrogen-bond acceptors (Lipinski definition) is 2. The highest BCUT2D eigenvalue weighted by Crippen LogP contribution is 2.32. The number of rotatable bonds is 7. The quantitative estimate of drug-likeness (QED) is 0.713. The van der Waals surface area contributed by atoms with Crippen LogP contribution >= 0.6 is 0 Å². The van der Waals surface area contributed by atoms with Gasteiger partial charge >= 0.3 is 0 Å². The van der Waals surface area contributed by atoms with Gasteiger partial charge in [-0.3, -0.25) is 0 Å². The molecule has 1 rings (SSSR count). The molecule has 0 heterocycles. The number of Topliss-reactive ketones (excluding diaryl/α,β-unsaturated/α-hetero) is 1. The summed E-state index contributed by atoms with van der Waals surface area (Å²) in [5.74, 6) is 2.14. The zero-order valence-electron chi connectivity index (χ0n) is 12.8. The number of ketones is 1. The van der Waals surface area contributed by atoms with E-state index in [1.54, 1.807) is 14.0 Å². The maximum absolute atomic E-state index is 11.2. The Bertz CT molecular complexity index is 421. The Balaban J connectivity index is 2.98. The first-order chi connectivity index (χ1) is 8.99. The average molecular weight is 262 g/mol. The van der Waals surface area contributed by atoms with E-state index in [-0.39, 0.29) is 5.78 Å². The summed E-state index contributed by atoms with van der Waals surface area (Å²) in [6.07, 6.45) is 2.67. The van der Waals surface area contributed by atoms with Gasteiger partial charge in [-0.05, 0) is 48.8 Å². The van der Waals surface area contributed by atoms with Gasteiger partial charge in [-0.1, -0.05) is 32.9 Å². The summed E-state index contributed by atoms with van der Waals surface area (Å²) in [6.45, 7) is 8.21. The molecule has 0 aliphatic heterocycles. The van der Waals surface area contributed by atoms with Crippen LogP contribution in [0.15, 0.2) is 18.2 Å². The topological polar surface area (TPSA) is 26.3 Å². The third kappa shape index (κ3) is 4.38. The first kappa shape index (κ1) is 15.7. The summed E-state index contributed by atoms with van der Waals surface area (Å²) in [5.41, 5.74) is 2.58. The summed E-state index contributed by atoms with van der Waals surface area (Å²) in [7, 11) is 1.72. The van der Waals surface area contributed by atoms with Gasteiger partial charge in [-0.2, -0.15) is 0 Å². The summed E-state index contributed by atoms with van der Waals surface area (Å²) >= 11 is 0. The highest BCUT2D eigenvalue weighted by atomic mass is 16.5. The predicted octanol–water partition coefficient (Wildman–Crippen LogP) is 4.68. The minimum Gasteiger partial charge on any atom is -0.496 e. The largest absolute Gasteiger partial charge is 0.496 e. The van der Waals surface area contributed by atoms with Crippen molar-refractivity contribution in [1.82, 2.24) is 0 Å². The lowest BCUT2D eigenvalue weighted by Gasteiger charge is -2.19. The van der Waals surface area contributed by atoms with Gasteiger partial charge < -0.3 is 9.53 Å². The lowest BCUT2D eigenvalue weighted by atomic mass is 9.88. The van der Waals surface area contributed by atoms with Crippen LogP contribution in [0.3, 0.4) is 0 Å². The van der Waals surface area contributed by atoms with Crippen LogP contribution in [-0.2, 0) is 4.79 Å². The molecule has 0 radical (unpaired) electrons. The van der Waals surface area contributed by atoms with Crippen LogP contribution in [0.1, 0.15) is 69.9 Å². The van der Waals surface area contributed by atoms with E-state index in [0.717, 1.165) is 18.6 Å². The summed E-state index contributed by atoms with van der Waals surface area (Å²) < 4.78 is 5.42. The van der Waals surface area contributed by atoms with E-state index in [2.05, 4.69) is 39.0 Å². The normalized spacial score (nSPS) is 12.5. The second-order valence-corrected chi connectivity index (χ2v) is 5.50. The molecule has 0 aromatic heterocycles. The summed E-state index contributed by atoms with van der Waals surface area (Å²) in [4.78, 5) is 11.2. The number of methoxy groups -OCH3 is 1. The van der Waals surface area contributed by atoms with Crippen molar-refractivity contribution in [3.8, 4) is 5.75 Å². The Kier molecular flexibility index (Phi) is 6.07. The van der Waals surface area contributed by atoms with Gasteiger partial charge in [-0.15, -0.1) is 0 Å². The third-order valence-corrected chi connectivity index (χ3v) is 3.68. The monoisotopic (exact) mass is 262 g/mol. The molecule has 2 heteroatoms. The van der Waals surface area contributed by atoms with E-state index in [1.165, 1.54) is 11.1 Å². The van der Waals surface area contributed by atoms with Gasteiger partial charge in [-0.25, -0.2) is 0 Å². The molecule has 0 spiro atoms. The van der Waals surface area contributed by atoms with E-state index < -0.39 is 0 Å². The van der Waals surface area contributed by atoms with Crippen LogP contribution in [0.5, 0.6) is 5.75 Å². The van der Waals surface area contributed by atoms with Crippen molar-refractivity contribution < 1.29 is 9.53 Å². The molecule has 0 fully saturated rings. The lowest BCUT2D eigenvalue weighted by Crippen LogP contribution is -2.03. The number of benzene rings is 1. The van der Waals surface area contributed by atoms with Crippen LogP contribution in [0, 0.1) is 0 Å². The molecule has 19 heavy (non-hydrogen) atoms. The number of hydrogen-bond donors (Lipinski definition) is 0. The van der Waals surface area contributed by atoms with Crippen molar-refractivity contribution in [2.75, 3.05) is 7.11 Å². The van der Waals surface area contributed by atoms with Crippen molar-refractivity contribution in [1.29, 1.82) is 0 Å². The molecule has 0 saturated heterocycles. The maximum Gasteiger partial charge on any atom is 0.129 e. The van der Waals surface area contributed by atoms with Gasteiger partial charge in [0, 0.05) is 6.42 Å². The van der Waals surface area contributed by atoms with Crippen LogP contribution in [-0.4, -0.2) is 12.9 Å². The van der Waals surface area contributed by atoms with E-state index in [9.17, 15) is 4.79 Å². The minimum atomic E-state index is 0.274. The predicted molar refractivity (Wildman–Crippen MR) is 80.0 cm³/mol. The first-order valence-corrected chi connectivity index (χ1v) is 7.16. The molecule has 0 aliphatic carbocycles. The van der Waals surface area contributed by atoms with Crippen molar-refractivity contribution >= 4 is 5.78 Å². The van der Waals surface area contributed by atoms with Gasteiger partial charge in [0.1, 0.15) is 11.5 Å². The second-order valence-electron chi connectivity index (χ2n) is 5.50. The minimum absolute atomic E-state index is 0.274. The van der Waals surface area contributed by atoms with Crippen LogP contribution in [0.2, 0.25) is 0 Å². The Labute approximate surface area is 117 Å². The molecule has 0 saturated carbocycles. The smallest absolute Gasteiger partial charge is 0.129 e. The van der Waals surface area contributed by atoms with Crippen molar-refractivity contribution in [2.45, 2.75) is 58.8 Å². The van der Waals surface area contributed by atoms with Crippen LogP contribution in [0.25, 0.3) is 0 Å². The molecule has 2 nitrogen and oxygen atoms in total. The van der Waals surface area contributed by atoms with Crippen LogP contribution in [0.4, 0.5) is 0 Å². The fourth-order valence-electron chi connectivity index (χ4n) is 2.44. The molecule has 0 N–H and O–H groups in total. The standard InChI is InChI=1S/C17H26O2/c1-6-14(8-7-13(4)18)15-9-10-17(19-5)16(11-15)12(2)3/h9-12,14H,6-8H2,1-5H3. The number of carbonyl (C=O) groups is 1. The van der Waals surface area contributed by atoms with Gasteiger partial charge in [0.15, 0.2) is 0 Å². The highest BCUT2D eigenvalue weighted by Gasteiger charge is 2.14. The SMILES string of the molecule is CCC(CCC(C)=O)c1ccc(OC)c(C(C)C)c1. The molecule has 106 valence electrons. The Hall–Kier alpha value is -1.31. The van der Waals surface area contributed by atoms with Crippen molar-refractivity contribution in [3.05, 3.63) is 29.3 Å². The molecule has 1 unspecified atom stereocenters. The van der Waals surface area contributed by atoms with E-state index >= 15 is 0 Å². The number of carbonyl (C=O) groups excluding carboxylic acids is 1. The van der Waals surface area contributed by atoms with E-state index in [4.69, 9.17) is 4.74 Å². The second kappa shape index (κ2) is 7.32. The van der Waals surface area contributed by atoms with Gasteiger partial charge in [0.25, 0.3) is 0 Å². The Morgan fingerprint density at radius 3 is 2.47 bits per heavy atom. The molecular weight excluding hydrogens is 236 g/mol. The highest BCUT2D eigenvalue weighted by molar-refractivity contribution is 5.75. The molecule has 0 bridgehead atoms. The molecule has 1 aromatic carbocycles. The first-order valence-electron chi connectivity index (χ1n) is 7.16. The molecule has 1 atom stereocenters. The summed E-state index contributed by atoms with van der Waals surface area (Å²) in [5, 5.41) is 0. The fourth-order valence-corrected chi connectivity index (χ4v) is 2.44. The van der Waals surface area contributed by atoms with Gasteiger partial charge in [0.2, 0.25) is 0 Å². The molecule has 0 amide bonds.